The summed E-state index contributed by atoms with van der Waals surface area (Å²) in [6, 6.07) is 5.69. The van der Waals surface area contributed by atoms with E-state index in [0.29, 0.717) is 5.75 Å². The zero-order chi connectivity index (χ0) is 10.1. The molecule has 0 fully saturated rings. The van der Waals surface area contributed by atoms with E-state index in [1.54, 1.807) is 14.2 Å². The molecular formula is C11H12O3. The Morgan fingerprint density at radius 3 is 2.50 bits per heavy atom. The van der Waals surface area contributed by atoms with Crippen molar-refractivity contribution in [1.29, 1.82) is 0 Å². The number of hydrogen-bond acceptors (Lipinski definition) is 3. The molecule has 0 aliphatic rings. The van der Waals surface area contributed by atoms with Crippen molar-refractivity contribution in [3.8, 4) is 11.5 Å². The molecule has 0 saturated heterocycles. The molecule has 14 heavy (non-hydrogen) atoms. The monoisotopic (exact) mass is 192 g/mol. The lowest BCUT2D eigenvalue weighted by Gasteiger charge is -2.03. The predicted molar refractivity (Wildman–Crippen MR) is 54.1 cm³/mol. The van der Waals surface area contributed by atoms with E-state index in [0.717, 1.165) is 22.5 Å². The third-order valence-electron chi connectivity index (χ3n) is 2.13. The topological polar surface area (TPSA) is 31.6 Å². The molecule has 0 N–H and O–H groups in total. The summed E-state index contributed by atoms with van der Waals surface area (Å²) in [6.07, 6.45) is 0. The van der Waals surface area contributed by atoms with Gasteiger partial charge >= 0.3 is 0 Å². The molecule has 0 spiro atoms. The van der Waals surface area contributed by atoms with Crippen LogP contribution in [0.15, 0.2) is 22.6 Å². The van der Waals surface area contributed by atoms with Gasteiger partial charge in [-0.15, -0.1) is 0 Å². The molecule has 1 aromatic heterocycles. The van der Waals surface area contributed by atoms with Crippen LogP contribution in [0.3, 0.4) is 0 Å². The highest BCUT2D eigenvalue weighted by molar-refractivity contribution is 5.85. The van der Waals surface area contributed by atoms with E-state index < -0.39 is 0 Å². The molecule has 3 nitrogen and oxygen atoms in total. The fourth-order valence-electron chi connectivity index (χ4n) is 1.49. The lowest BCUT2D eigenvalue weighted by atomic mass is 10.2. The second kappa shape index (κ2) is 3.25. The molecule has 1 heterocycles. The van der Waals surface area contributed by atoms with Gasteiger partial charge in [-0.05, 0) is 19.1 Å². The molecule has 0 atom stereocenters. The first-order valence-electron chi connectivity index (χ1n) is 4.37. The molecule has 0 aliphatic heterocycles. The number of fused-ring (bicyclic) bond motifs is 1. The summed E-state index contributed by atoms with van der Waals surface area (Å²) >= 11 is 0. The Labute approximate surface area is 82.2 Å². The molecule has 0 radical (unpaired) electrons. The molecule has 2 aromatic rings. The maximum Gasteiger partial charge on any atom is 0.176 e. The SMILES string of the molecule is COc1cc(OC)c2oc(C)cc2c1. The number of aryl methyl sites for hydroxylation is 1. The van der Waals surface area contributed by atoms with Crippen LogP contribution >= 0.6 is 0 Å². The second-order valence-corrected chi connectivity index (χ2v) is 3.11. The lowest BCUT2D eigenvalue weighted by Crippen LogP contribution is -1.86. The summed E-state index contributed by atoms with van der Waals surface area (Å²) in [5, 5.41) is 0.999. The van der Waals surface area contributed by atoms with Crippen LogP contribution in [-0.2, 0) is 0 Å². The maximum atomic E-state index is 5.51. The third kappa shape index (κ3) is 1.31. The normalized spacial score (nSPS) is 10.5. The Hall–Kier alpha value is -1.64. The first kappa shape index (κ1) is 8.94. The minimum atomic E-state index is 0.701. The highest BCUT2D eigenvalue weighted by Crippen LogP contribution is 2.32. The van der Waals surface area contributed by atoms with Gasteiger partial charge in [0.1, 0.15) is 11.5 Å². The van der Waals surface area contributed by atoms with Crippen LogP contribution in [0.25, 0.3) is 11.0 Å². The van der Waals surface area contributed by atoms with Crippen molar-refractivity contribution in [3.05, 3.63) is 24.0 Å². The average molecular weight is 192 g/mol. The zero-order valence-corrected chi connectivity index (χ0v) is 8.46. The maximum absolute atomic E-state index is 5.51. The second-order valence-electron chi connectivity index (χ2n) is 3.11. The molecule has 0 amide bonds. The van der Waals surface area contributed by atoms with Gasteiger partial charge in [-0.25, -0.2) is 0 Å². The van der Waals surface area contributed by atoms with Crippen LogP contribution in [0.4, 0.5) is 0 Å². The van der Waals surface area contributed by atoms with Crippen molar-refractivity contribution in [2.75, 3.05) is 14.2 Å². The van der Waals surface area contributed by atoms with Crippen molar-refractivity contribution in [2.24, 2.45) is 0 Å². The molecule has 0 unspecified atom stereocenters. The Balaban J connectivity index is 2.72. The van der Waals surface area contributed by atoms with Crippen molar-refractivity contribution in [2.45, 2.75) is 6.92 Å². The van der Waals surface area contributed by atoms with E-state index in [4.69, 9.17) is 13.9 Å². The first-order chi connectivity index (χ1) is 6.74. The standard InChI is InChI=1S/C11H12O3/c1-7-4-8-5-9(12-2)6-10(13-3)11(8)14-7/h4-6H,1-3H3. The number of hydrogen-bond donors (Lipinski definition) is 0. The van der Waals surface area contributed by atoms with Crippen LogP contribution in [-0.4, -0.2) is 14.2 Å². The third-order valence-corrected chi connectivity index (χ3v) is 2.13. The Bertz CT molecular complexity index is 457. The fraction of sp³-hybridized carbons (Fsp3) is 0.273. The largest absolute Gasteiger partial charge is 0.497 e. The predicted octanol–water partition coefficient (Wildman–Crippen LogP) is 2.76. The van der Waals surface area contributed by atoms with Crippen molar-refractivity contribution in [3.63, 3.8) is 0 Å². The van der Waals surface area contributed by atoms with Gasteiger partial charge in [0.15, 0.2) is 11.3 Å². The Morgan fingerprint density at radius 2 is 1.86 bits per heavy atom. The van der Waals surface area contributed by atoms with Gasteiger partial charge in [-0.2, -0.15) is 0 Å². The first-order valence-corrected chi connectivity index (χ1v) is 4.37. The summed E-state index contributed by atoms with van der Waals surface area (Å²) in [4.78, 5) is 0. The Kier molecular flexibility index (Phi) is 2.08. The molecule has 3 heteroatoms. The van der Waals surface area contributed by atoms with E-state index in [1.165, 1.54) is 0 Å². The van der Waals surface area contributed by atoms with Crippen molar-refractivity contribution in [1.82, 2.24) is 0 Å². The number of ether oxygens (including phenoxy) is 2. The average Bonchev–Trinajstić information content (AvgIpc) is 2.56. The van der Waals surface area contributed by atoms with Crippen molar-refractivity contribution >= 4 is 11.0 Å². The molecule has 0 saturated carbocycles. The smallest absolute Gasteiger partial charge is 0.176 e. The minimum absolute atomic E-state index is 0.701. The van der Waals surface area contributed by atoms with Gasteiger partial charge in [0, 0.05) is 11.5 Å². The summed E-state index contributed by atoms with van der Waals surface area (Å²) in [6.45, 7) is 1.91. The van der Waals surface area contributed by atoms with Gasteiger partial charge < -0.3 is 13.9 Å². The number of rotatable bonds is 2. The lowest BCUT2D eigenvalue weighted by molar-refractivity contribution is 0.392. The molecule has 2 rings (SSSR count). The van der Waals surface area contributed by atoms with E-state index in [1.807, 2.05) is 25.1 Å². The van der Waals surface area contributed by atoms with Crippen LogP contribution in [0.1, 0.15) is 5.76 Å². The number of furan rings is 1. The van der Waals surface area contributed by atoms with Crippen LogP contribution < -0.4 is 9.47 Å². The number of benzene rings is 1. The molecule has 0 bridgehead atoms. The highest BCUT2D eigenvalue weighted by Gasteiger charge is 2.09. The zero-order valence-electron chi connectivity index (χ0n) is 8.46. The van der Waals surface area contributed by atoms with E-state index >= 15 is 0 Å². The van der Waals surface area contributed by atoms with Crippen LogP contribution in [0.5, 0.6) is 11.5 Å². The summed E-state index contributed by atoms with van der Waals surface area (Å²) in [7, 11) is 3.25. The van der Waals surface area contributed by atoms with E-state index in [2.05, 4.69) is 0 Å². The molecular weight excluding hydrogens is 180 g/mol. The fourth-order valence-corrected chi connectivity index (χ4v) is 1.49. The van der Waals surface area contributed by atoms with Crippen LogP contribution in [0.2, 0.25) is 0 Å². The minimum Gasteiger partial charge on any atom is -0.497 e. The van der Waals surface area contributed by atoms with Gasteiger partial charge in [-0.3, -0.25) is 0 Å². The number of methoxy groups -OCH3 is 2. The van der Waals surface area contributed by atoms with Gasteiger partial charge in [-0.1, -0.05) is 0 Å². The quantitative estimate of drug-likeness (QED) is 0.733. The van der Waals surface area contributed by atoms with Gasteiger partial charge in [0.25, 0.3) is 0 Å². The van der Waals surface area contributed by atoms with Gasteiger partial charge in [0.05, 0.1) is 14.2 Å². The summed E-state index contributed by atoms with van der Waals surface area (Å²) in [5.41, 5.74) is 0.769. The highest BCUT2D eigenvalue weighted by atomic mass is 16.5. The van der Waals surface area contributed by atoms with E-state index in [-0.39, 0.29) is 0 Å². The molecule has 0 aliphatic carbocycles. The molecule has 74 valence electrons. The Morgan fingerprint density at radius 1 is 1.07 bits per heavy atom. The van der Waals surface area contributed by atoms with Gasteiger partial charge in [0.2, 0.25) is 0 Å². The van der Waals surface area contributed by atoms with E-state index in [9.17, 15) is 0 Å². The summed E-state index contributed by atoms with van der Waals surface area (Å²) < 4.78 is 15.9. The van der Waals surface area contributed by atoms with Crippen LogP contribution in [0, 0.1) is 6.92 Å². The van der Waals surface area contributed by atoms with Crippen molar-refractivity contribution < 1.29 is 13.9 Å². The molecule has 1 aromatic carbocycles. The summed E-state index contributed by atoms with van der Waals surface area (Å²) in [5.74, 6) is 2.34.